The molecule has 4 heteroatoms. The molecule has 0 saturated heterocycles. The van der Waals surface area contributed by atoms with E-state index in [1.165, 1.54) is 0 Å². The number of ether oxygens (including phenoxy) is 1. The van der Waals surface area contributed by atoms with E-state index in [0.29, 0.717) is 12.0 Å². The number of aliphatic carboxylic acids is 1. The van der Waals surface area contributed by atoms with Gasteiger partial charge in [0.1, 0.15) is 0 Å². The third-order valence-corrected chi connectivity index (χ3v) is 2.48. The van der Waals surface area contributed by atoms with Crippen molar-refractivity contribution in [2.24, 2.45) is 11.7 Å². The van der Waals surface area contributed by atoms with E-state index in [1.807, 2.05) is 0 Å². The van der Waals surface area contributed by atoms with Crippen molar-refractivity contribution in [2.75, 3.05) is 7.11 Å². The lowest BCUT2D eigenvalue weighted by Gasteiger charge is -2.37. The molecular weight excluding hydrogens is 158 g/mol. The molecule has 0 bridgehead atoms. The summed E-state index contributed by atoms with van der Waals surface area (Å²) in [4.78, 5) is 10.3. The SMILES string of the molecule is COC1CC([C@@H](N)CC(=O)O)C1. The van der Waals surface area contributed by atoms with Crippen molar-refractivity contribution in [1.82, 2.24) is 0 Å². The molecule has 70 valence electrons. The zero-order valence-corrected chi connectivity index (χ0v) is 7.19. The summed E-state index contributed by atoms with van der Waals surface area (Å²) in [6.45, 7) is 0. The van der Waals surface area contributed by atoms with Gasteiger partial charge in [-0.1, -0.05) is 0 Å². The van der Waals surface area contributed by atoms with Gasteiger partial charge in [-0.15, -0.1) is 0 Å². The minimum absolute atomic E-state index is 0.0705. The summed E-state index contributed by atoms with van der Waals surface area (Å²) in [7, 11) is 1.67. The second-order valence-electron chi connectivity index (χ2n) is 3.35. The van der Waals surface area contributed by atoms with E-state index in [-0.39, 0.29) is 12.5 Å². The van der Waals surface area contributed by atoms with Crippen molar-refractivity contribution in [1.29, 1.82) is 0 Å². The summed E-state index contributed by atoms with van der Waals surface area (Å²) in [5.74, 6) is -0.477. The Morgan fingerprint density at radius 1 is 1.75 bits per heavy atom. The van der Waals surface area contributed by atoms with Crippen LogP contribution < -0.4 is 5.73 Å². The molecule has 0 amide bonds. The molecular formula is C8H15NO3. The van der Waals surface area contributed by atoms with E-state index in [2.05, 4.69) is 0 Å². The van der Waals surface area contributed by atoms with Gasteiger partial charge in [0.15, 0.2) is 0 Å². The van der Waals surface area contributed by atoms with Crippen molar-refractivity contribution in [3.8, 4) is 0 Å². The highest BCUT2D eigenvalue weighted by Crippen LogP contribution is 2.32. The topological polar surface area (TPSA) is 72.5 Å². The van der Waals surface area contributed by atoms with Crippen LogP contribution in [0.3, 0.4) is 0 Å². The van der Waals surface area contributed by atoms with E-state index < -0.39 is 5.97 Å². The number of carbonyl (C=O) groups is 1. The minimum Gasteiger partial charge on any atom is -0.481 e. The molecule has 0 unspecified atom stereocenters. The van der Waals surface area contributed by atoms with Gasteiger partial charge >= 0.3 is 5.97 Å². The summed E-state index contributed by atoms with van der Waals surface area (Å²) < 4.78 is 5.07. The molecule has 12 heavy (non-hydrogen) atoms. The maximum atomic E-state index is 10.3. The first-order chi connectivity index (χ1) is 5.63. The van der Waals surface area contributed by atoms with Crippen LogP contribution in [0.15, 0.2) is 0 Å². The van der Waals surface area contributed by atoms with Crippen LogP contribution in [-0.2, 0) is 9.53 Å². The number of carboxylic acid groups (broad SMARTS) is 1. The highest BCUT2D eigenvalue weighted by atomic mass is 16.5. The Morgan fingerprint density at radius 2 is 2.33 bits per heavy atom. The average Bonchev–Trinajstić information content (AvgIpc) is 1.82. The number of nitrogens with two attached hydrogens (primary N) is 1. The molecule has 1 rings (SSSR count). The molecule has 1 atom stereocenters. The Morgan fingerprint density at radius 3 is 2.75 bits per heavy atom. The fraction of sp³-hybridized carbons (Fsp3) is 0.875. The highest BCUT2D eigenvalue weighted by Gasteiger charge is 2.34. The fourth-order valence-electron chi connectivity index (χ4n) is 1.52. The van der Waals surface area contributed by atoms with Crippen molar-refractivity contribution >= 4 is 5.97 Å². The second-order valence-corrected chi connectivity index (χ2v) is 3.35. The van der Waals surface area contributed by atoms with Gasteiger partial charge in [-0.25, -0.2) is 0 Å². The molecule has 0 spiro atoms. The van der Waals surface area contributed by atoms with E-state index in [9.17, 15) is 4.79 Å². The predicted molar refractivity (Wildman–Crippen MR) is 43.7 cm³/mol. The monoisotopic (exact) mass is 173 g/mol. The Labute approximate surface area is 71.7 Å². The maximum Gasteiger partial charge on any atom is 0.304 e. The third kappa shape index (κ3) is 2.19. The molecule has 0 aromatic heterocycles. The Kier molecular flexibility index (Phi) is 3.05. The van der Waals surface area contributed by atoms with E-state index >= 15 is 0 Å². The van der Waals surface area contributed by atoms with Crippen LogP contribution in [0.2, 0.25) is 0 Å². The number of carboxylic acids is 1. The van der Waals surface area contributed by atoms with Gasteiger partial charge in [0.25, 0.3) is 0 Å². The third-order valence-electron chi connectivity index (χ3n) is 2.48. The normalized spacial score (nSPS) is 30.8. The molecule has 0 aromatic carbocycles. The lowest BCUT2D eigenvalue weighted by molar-refractivity contribution is -0.138. The Bertz CT molecular complexity index is 166. The summed E-state index contributed by atoms with van der Waals surface area (Å²) in [5.41, 5.74) is 5.66. The summed E-state index contributed by atoms with van der Waals surface area (Å²) >= 11 is 0. The summed E-state index contributed by atoms with van der Waals surface area (Å²) in [5, 5.41) is 8.46. The van der Waals surface area contributed by atoms with Gasteiger partial charge in [0, 0.05) is 13.2 Å². The van der Waals surface area contributed by atoms with Crippen molar-refractivity contribution in [3.05, 3.63) is 0 Å². The zero-order valence-electron chi connectivity index (χ0n) is 7.19. The highest BCUT2D eigenvalue weighted by molar-refractivity contribution is 5.67. The number of methoxy groups -OCH3 is 1. The molecule has 0 heterocycles. The zero-order chi connectivity index (χ0) is 9.14. The van der Waals surface area contributed by atoms with Gasteiger partial charge in [0.05, 0.1) is 12.5 Å². The maximum absolute atomic E-state index is 10.3. The lowest BCUT2D eigenvalue weighted by Crippen LogP contribution is -2.43. The van der Waals surface area contributed by atoms with Gasteiger partial charge < -0.3 is 15.6 Å². The molecule has 0 radical (unpaired) electrons. The first-order valence-electron chi connectivity index (χ1n) is 4.13. The Hall–Kier alpha value is -0.610. The van der Waals surface area contributed by atoms with Crippen LogP contribution in [0, 0.1) is 5.92 Å². The van der Waals surface area contributed by atoms with Gasteiger partial charge in [-0.2, -0.15) is 0 Å². The molecule has 1 aliphatic rings. The molecule has 0 aromatic rings. The summed E-state index contributed by atoms with van der Waals surface area (Å²) in [6, 6.07) is -0.200. The van der Waals surface area contributed by atoms with Crippen LogP contribution in [0.1, 0.15) is 19.3 Å². The van der Waals surface area contributed by atoms with E-state index in [4.69, 9.17) is 15.6 Å². The standard InChI is InChI=1S/C8H15NO3/c1-12-6-2-5(3-6)7(9)4-8(10)11/h5-7H,2-4,9H2,1H3,(H,10,11)/t5?,6?,7-/m0/s1. The first kappa shape index (κ1) is 9.48. The second kappa shape index (κ2) is 3.87. The molecule has 3 N–H and O–H groups in total. The van der Waals surface area contributed by atoms with Gasteiger partial charge in [-0.05, 0) is 18.8 Å². The van der Waals surface area contributed by atoms with Gasteiger partial charge in [-0.3, -0.25) is 4.79 Å². The number of rotatable bonds is 4. The predicted octanol–water partition coefficient (Wildman–Crippen LogP) is 0.213. The molecule has 4 nitrogen and oxygen atoms in total. The molecule has 1 saturated carbocycles. The van der Waals surface area contributed by atoms with Crippen molar-refractivity contribution in [3.63, 3.8) is 0 Å². The number of hydrogen-bond acceptors (Lipinski definition) is 3. The minimum atomic E-state index is -0.816. The van der Waals surface area contributed by atoms with Crippen LogP contribution in [0.4, 0.5) is 0 Å². The smallest absolute Gasteiger partial charge is 0.304 e. The van der Waals surface area contributed by atoms with Crippen molar-refractivity contribution in [2.45, 2.75) is 31.4 Å². The van der Waals surface area contributed by atoms with Crippen molar-refractivity contribution < 1.29 is 14.6 Å². The molecule has 1 fully saturated rings. The summed E-state index contributed by atoms with van der Waals surface area (Å²) in [6.07, 6.45) is 2.19. The average molecular weight is 173 g/mol. The number of hydrogen-bond donors (Lipinski definition) is 2. The lowest BCUT2D eigenvalue weighted by atomic mass is 9.76. The van der Waals surface area contributed by atoms with Crippen LogP contribution in [-0.4, -0.2) is 30.3 Å². The van der Waals surface area contributed by atoms with E-state index in [0.717, 1.165) is 12.8 Å². The van der Waals surface area contributed by atoms with Crippen LogP contribution >= 0.6 is 0 Å². The fourth-order valence-corrected chi connectivity index (χ4v) is 1.52. The van der Waals surface area contributed by atoms with E-state index in [1.54, 1.807) is 7.11 Å². The van der Waals surface area contributed by atoms with Crippen LogP contribution in [0.5, 0.6) is 0 Å². The quantitative estimate of drug-likeness (QED) is 0.637. The van der Waals surface area contributed by atoms with Crippen LogP contribution in [0.25, 0.3) is 0 Å². The Balaban J connectivity index is 2.19. The largest absolute Gasteiger partial charge is 0.481 e. The van der Waals surface area contributed by atoms with Gasteiger partial charge in [0.2, 0.25) is 0 Å². The molecule has 1 aliphatic carbocycles. The first-order valence-corrected chi connectivity index (χ1v) is 4.13. The molecule has 0 aliphatic heterocycles.